The fraction of sp³-hybridized carbons (Fsp3) is 0.481. The summed E-state index contributed by atoms with van der Waals surface area (Å²) in [6.45, 7) is 7.52. The Hall–Kier alpha value is -3.13. The van der Waals surface area contributed by atoms with Gasteiger partial charge in [0.25, 0.3) is 0 Å². The van der Waals surface area contributed by atoms with Crippen LogP contribution in [0.5, 0.6) is 5.75 Å². The number of carboxylic acid groups (broad SMARTS) is 1. The third-order valence-electron chi connectivity index (χ3n) is 5.22. The maximum atomic E-state index is 13.1. The van der Waals surface area contributed by atoms with Crippen LogP contribution in [0.2, 0.25) is 0 Å². The molecule has 1 amide bonds. The molecule has 2 aromatic carbocycles. The summed E-state index contributed by atoms with van der Waals surface area (Å²) in [5, 5.41) is 9.23. The van der Waals surface area contributed by atoms with Crippen molar-refractivity contribution in [2.24, 2.45) is 5.92 Å². The Morgan fingerprint density at radius 3 is 2.26 bits per heavy atom. The van der Waals surface area contributed by atoms with Crippen molar-refractivity contribution in [2.75, 3.05) is 32.9 Å². The van der Waals surface area contributed by atoms with E-state index in [4.69, 9.17) is 14.2 Å². The van der Waals surface area contributed by atoms with Gasteiger partial charge in [0.1, 0.15) is 18.2 Å². The number of halogens is 1. The lowest BCUT2D eigenvalue weighted by Gasteiger charge is -2.23. The van der Waals surface area contributed by atoms with Crippen LogP contribution in [-0.2, 0) is 27.1 Å². The first-order valence-corrected chi connectivity index (χ1v) is 12.0. The number of rotatable bonds is 15. The molecule has 0 saturated carbocycles. The number of aryl methyl sites for hydroxylation is 1. The average Bonchev–Trinajstić information content (AvgIpc) is 2.83. The molecular formula is C27H36FNO6. The Kier molecular flexibility index (Phi) is 12.0. The van der Waals surface area contributed by atoms with Crippen molar-refractivity contribution < 1.29 is 33.3 Å². The van der Waals surface area contributed by atoms with Gasteiger partial charge in [-0.05, 0) is 61.1 Å². The smallest absolute Gasteiger partial charge is 0.409 e. The van der Waals surface area contributed by atoms with Crippen LogP contribution in [0.25, 0.3) is 0 Å². The monoisotopic (exact) mass is 489 g/mol. The highest BCUT2D eigenvalue weighted by Gasteiger charge is 2.18. The molecule has 7 nitrogen and oxygen atoms in total. The second-order valence-corrected chi connectivity index (χ2v) is 8.67. The number of carboxylic acids is 1. The molecule has 0 radical (unpaired) electrons. The topological polar surface area (TPSA) is 85.3 Å². The molecule has 1 atom stereocenters. The van der Waals surface area contributed by atoms with Crippen LogP contribution in [0.4, 0.5) is 9.18 Å². The maximum Gasteiger partial charge on any atom is 0.409 e. The third-order valence-corrected chi connectivity index (χ3v) is 5.22. The van der Waals surface area contributed by atoms with E-state index >= 15 is 0 Å². The molecule has 2 aromatic rings. The van der Waals surface area contributed by atoms with Crippen LogP contribution in [0.3, 0.4) is 0 Å². The van der Waals surface area contributed by atoms with Crippen molar-refractivity contribution in [2.45, 2.75) is 46.1 Å². The minimum Gasteiger partial charge on any atom is -0.492 e. The van der Waals surface area contributed by atoms with E-state index in [2.05, 4.69) is 0 Å². The average molecular weight is 490 g/mol. The quantitative estimate of drug-likeness (QED) is 0.380. The van der Waals surface area contributed by atoms with Gasteiger partial charge in [0.15, 0.2) is 6.10 Å². The molecule has 35 heavy (non-hydrogen) atoms. The van der Waals surface area contributed by atoms with Crippen molar-refractivity contribution in [1.29, 1.82) is 0 Å². The van der Waals surface area contributed by atoms with Gasteiger partial charge in [-0.25, -0.2) is 14.0 Å². The Labute approximate surface area is 206 Å². The third kappa shape index (κ3) is 10.8. The Morgan fingerprint density at radius 1 is 1.00 bits per heavy atom. The highest BCUT2D eigenvalue weighted by molar-refractivity contribution is 5.72. The van der Waals surface area contributed by atoms with E-state index in [0.717, 1.165) is 17.5 Å². The molecule has 0 spiro atoms. The summed E-state index contributed by atoms with van der Waals surface area (Å²) in [7, 11) is 0. The van der Waals surface area contributed by atoms with Crippen molar-refractivity contribution in [3.8, 4) is 5.75 Å². The lowest BCUT2D eigenvalue weighted by Crippen LogP contribution is -2.36. The number of aliphatic carboxylic acids is 1. The molecule has 0 saturated heterocycles. The van der Waals surface area contributed by atoms with E-state index in [9.17, 15) is 19.1 Å². The molecule has 2 rings (SSSR count). The Bertz CT molecular complexity index is 901. The predicted molar refractivity (Wildman–Crippen MR) is 131 cm³/mol. The van der Waals surface area contributed by atoms with Gasteiger partial charge in [0.05, 0.1) is 13.2 Å². The molecule has 0 fully saturated rings. The summed E-state index contributed by atoms with van der Waals surface area (Å²) in [4.78, 5) is 25.5. The predicted octanol–water partition coefficient (Wildman–Crippen LogP) is 4.96. The number of benzene rings is 2. The number of carbonyl (C=O) groups excluding carboxylic acids is 1. The molecule has 0 aromatic heterocycles. The van der Waals surface area contributed by atoms with Crippen LogP contribution >= 0.6 is 0 Å². The molecule has 192 valence electrons. The van der Waals surface area contributed by atoms with Gasteiger partial charge < -0.3 is 24.2 Å². The molecule has 0 aliphatic rings. The number of amides is 1. The lowest BCUT2D eigenvalue weighted by molar-refractivity contribution is -0.149. The highest BCUT2D eigenvalue weighted by atomic mass is 19.1. The van der Waals surface area contributed by atoms with Crippen LogP contribution in [-0.4, -0.2) is 61.1 Å². The van der Waals surface area contributed by atoms with Gasteiger partial charge >= 0.3 is 12.1 Å². The van der Waals surface area contributed by atoms with Crippen molar-refractivity contribution in [3.05, 3.63) is 65.5 Å². The number of nitrogens with zero attached hydrogens (tertiary/aromatic N) is 1. The van der Waals surface area contributed by atoms with Gasteiger partial charge in [-0.3, -0.25) is 0 Å². The Balaban J connectivity index is 1.87. The summed E-state index contributed by atoms with van der Waals surface area (Å²) in [5.74, 6) is -0.401. The van der Waals surface area contributed by atoms with E-state index < -0.39 is 12.1 Å². The second-order valence-electron chi connectivity index (χ2n) is 8.67. The SMILES string of the molecule is CCOC(Cc1ccc(OCCN(CCCc2ccc(F)cc2)C(=O)OCC(C)C)cc1)C(=O)O. The van der Waals surface area contributed by atoms with Gasteiger partial charge in [0, 0.05) is 19.6 Å². The van der Waals surface area contributed by atoms with Crippen molar-refractivity contribution >= 4 is 12.1 Å². The number of hydrogen-bond donors (Lipinski definition) is 1. The summed E-state index contributed by atoms with van der Waals surface area (Å²) >= 11 is 0. The standard InChI is InChI=1S/C27H36FNO6/c1-4-33-25(26(30)31)18-22-9-13-24(14-10-22)34-17-16-29(27(32)35-19-20(2)3)15-5-6-21-7-11-23(28)12-8-21/h7-14,20,25H,4-6,15-19H2,1-3H3,(H,30,31). The van der Waals surface area contributed by atoms with Crippen LogP contribution < -0.4 is 4.74 Å². The van der Waals surface area contributed by atoms with Crippen LogP contribution in [0, 0.1) is 11.7 Å². The van der Waals surface area contributed by atoms with E-state index in [1.165, 1.54) is 12.1 Å². The van der Waals surface area contributed by atoms with Gasteiger partial charge in [-0.15, -0.1) is 0 Å². The van der Waals surface area contributed by atoms with Crippen molar-refractivity contribution in [3.63, 3.8) is 0 Å². The summed E-state index contributed by atoms with van der Waals surface area (Å²) in [5.41, 5.74) is 1.84. The normalized spacial score (nSPS) is 11.8. The molecule has 0 heterocycles. The van der Waals surface area contributed by atoms with Gasteiger partial charge in [-0.1, -0.05) is 38.1 Å². The van der Waals surface area contributed by atoms with Crippen LogP contribution in [0.15, 0.2) is 48.5 Å². The molecule has 8 heteroatoms. The van der Waals surface area contributed by atoms with E-state index in [1.807, 2.05) is 26.0 Å². The largest absolute Gasteiger partial charge is 0.492 e. The van der Waals surface area contributed by atoms with E-state index in [1.54, 1.807) is 36.1 Å². The van der Waals surface area contributed by atoms with Crippen LogP contribution in [0.1, 0.15) is 38.3 Å². The minimum absolute atomic E-state index is 0.234. The Morgan fingerprint density at radius 2 is 1.66 bits per heavy atom. The first-order valence-electron chi connectivity index (χ1n) is 12.0. The number of carbonyl (C=O) groups is 2. The zero-order valence-corrected chi connectivity index (χ0v) is 20.7. The molecule has 0 bridgehead atoms. The maximum absolute atomic E-state index is 13.1. The lowest BCUT2D eigenvalue weighted by atomic mass is 10.1. The second kappa shape index (κ2) is 15.0. The summed E-state index contributed by atoms with van der Waals surface area (Å²) < 4.78 is 29.6. The zero-order valence-electron chi connectivity index (χ0n) is 20.7. The fourth-order valence-electron chi connectivity index (χ4n) is 3.38. The molecule has 0 aliphatic carbocycles. The van der Waals surface area contributed by atoms with Gasteiger partial charge in [-0.2, -0.15) is 0 Å². The molecule has 1 N–H and O–H groups in total. The molecule has 1 unspecified atom stereocenters. The highest BCUT2D eigenvalue weighted by Crippen LogP contribution is 2.15. The molecule has 0 aliphatic heterocycles. The van der Waals surface area contributed by atoms with E-state index in [-0.39, 0.29) is 30.9 Å². The zero-order chi connectivity index (χ0) is 25.6. The number of ether oxygens (including phenoxy) is 3. The van der Waals surface area contributed by atoms with Crippen molar-refractivity contribution in [1.82, 2.24) is 4.90 Å². The minimum atomic E-state index is -0.990. The summed E-state index contributed by atoms with van der Waals surface area (Å²) in [6, 6.07) is 13.5. The molecular weight excluding hydrogens is 453 g/mol. The fourth-order valence-corrected chi connectivity index (χ4v) is 3.38. The van der Waals surface area contributed by atoms with Gasteiger partial charge in [0.2, 0.25) is 0 Å². The number of hydrogen-bond acceptors (Lipinski definition) is 5. The summed E-state index contributed by atoms with van der Waals surface area (Å²) in [6.07, 6.45) is 0.434. The first kappa shape index (κ1) is 28.1. The van der Waals surface area contributed by atoms with E-state index in [0.29, 0.717) is 38.5 Å². The first-order chi connectivity index (χ1) is 16.8.